The fourth-order valence-corrected chi connectivity index (χ4v) is 6.08. The number of carboxylic acid groups (broad SMARTS) is 1. The maximum absolute atomic E-state index is 11.0. The summed E-state index contributed by atoms with van der Waals surface area (Å²) in [5.41, 5.74) is 8.02. The van der Waals surface area contributed by atoms with Crippen LogP contribution < -0.4 is 0 Å². The van der Waals surface area contributed by atoms with Crippen LogP contribution in [0.1, 0.15) is 92.2 Å². The van der Waals surface area contributed by atoms with E-state index in [0.717, 1.165) is 60.9 Å². The van der Waals surface area contributed by atoms with Crippen molar-refractivity contribution >= 4 is 12.0 Å². The van der Waals surface area contributed by atoms with Gasteiger partial charge in [0.1, 0.15) is 0 Å². The molecule has 0 amide bonds. The van der Waals surface area contributed by atoms with E-state index in [4.69, 9.17) is 5.11 Å². The summed E-state index contributed by atoms with van der Waals surface area (Å²) < 4.78 is 0. The van der Waals surface area contributed by atoms with Gasteiger partial charge in [0.2, 0.25) is 0 Å². The Kier molecular flexibility index (Phi) is 8.52. The molecule has 1 aliphatic rings. The molecule has 200 valence electrons. The summed E-state index contributed by atoms with van der Waals surface area (Å²) >= 11 is 0. The second kappa shape index (κ2) is 11.7. The lowest BCUT2D eigenvalue weighted by atomic mass is 9.69. The summed E-state index contributed by atoms with van der Waals surface area (Å²) in [6, 6.07) is 17.2. The molecule has 4 heteroatoms. The Balaban J connectivity index is 1.63. The third kappa shape index (κ3) is 5.91. The van der Waals surface area contributed by atoms with Gasteiger partial charge in [-0.2, -0.15) is 0 Å². The van der Waals surface area contributed by atoms with Crippen molar-refractivity contribution in [3.05, 3.63) is 94.2 Å². The minimum Gasteiger partial charge on any atom is -0.481 e. The predicted molar refractivity (Wildman–Crippen MR) is 155 cm³/mol. The molecular weight excluding hydrogens is 470 g/mol. The molecule has 1 aromatic heterocycles. The first kappa shape index (κ1) is 27.8. The van der Waals surface area contributed by atoms with Crippen molar-refractivity contribution in [2.24, 2.45) is 0 Å². The summed E-state index contributed by atoms with van der Waals surface area (Å²) in [6.45, 7) is 8.81. The fraction of sp³-hybridized carbons (Fsp3) is 0.412. The van der Waals surface area contributed by atoms with Crippen molar-refractivity contribution in [2.45, 2.75) is 90.1 Å². The maximum Gasteiger partial charge on any atom is 0.307 e. The van der Waals surface area contributed by atoms with Gasteiger partial charge in [-0.05, 0) is 79.0 Å². The van der Waals surface area contributed by atoms with Crippen molar-refractivity contribution in [3.63, 3.8) is 0 Å². The Morgan fingerprint density at radius 3 is 2.16 bits per heavy atom. The summed E-state index contributed by atoms with van der Waals surface area (Å²) in [5, 5.41) is 19.9. The van der Waals surface area contributed by atoms with Crippen molar-refractivity contribution in [1.82, 2.24) is 4.98 Å². The molecule has 0 spiro atoms. The van der Waals surface area contributed by atoms with E-state index >= 15 is 0 Å². The van der Waals surface area contributed by atoms with E-state index in [0.29, 0.717) is 5.56 Å². The van der Waals surface area contributed by atoms with Gasteiger partial charge >= 0.3 is 5.97 Å². The van der Waals surface area contributed by atoms with Crippen LogP contribution in [-0.4, -0.2) is 26.8 Å². The molecule has 2 N–H and O–H groups in total. The number of carbonyl (C=O) groups is 1. The largest absolute Gasteiger partial charge is 0.481 e. The Morgan fingerprint density at radius 1 is 0.947 bits per heavy atom. The number of aromatic nitrogens is 1. The molecule has 0 bridgehead atoms. The number of rotatable bonds is 9. The molecule has 1 fully saturated rings. The van der Waals surface area contributed by atoms with Crippen molar-refractivity contribution in [3.8, 4) is 11.3 Å². The van der Waals surface area contributed by atoms with Gasteiger partial charge in [-0.15, -0.1) is 0 Å². The van der Waals surface area contributed by atoms with Crippen molar-refractivity contribution < 1.29 is 15.0 Å². The highest BCUT2D eigenvalue weighted by Gasteiger charge is 2.31. The van der Waals surface area contributed by atoms with Crippen molar-refractivity contribution in [2.75, 3.05) is 0 Å². The second-order valence-electron chi connectivity index (χ2n) is 11.0. The highest BCUT2D eigenvalue weighted by atomic mass is 16.4. The topological polar surface area (TPSA) is 70.4 Å². The highest BCUT2D eigenvalue weighted by molar-refractivity contribution is 5.71. The number of carboxylic acids is 1. The lowest BCUT2D eigenvalue weighted by Gasteiger charge is -2.34. The Hall–Kier alpha value is -3.24. The SMILES string of the molecule is CCC(CC)(c1ccc(C=CC2(O)CCCCC2)c(C)c1)c1ccc(-c2ccc(CC(=O)O)cn2)c(C)c1. The third-order valence-electron chi connectivity index (χ3n) is 8.56. The number of aliphatic carboxylic acids is 1. The van der Waals surface area contributed by atoms with E-state index in [1.54, 1.807) is 6.20 Å². The molecule has 1 aliphatic carbocycles. The lowest BCUT2D eigenvalue weighted by molar-refractivity contribution is -0.136. The Morgan fingerprint density at radius 2 is 1.61 bits per heavy atom. The fourth-order valence-electron chi connectivity index (χ4n) is 6.08. The summed E-state index contributed by atoms with van der Waals surface area (Å²) in [4.78, 5) is 15.5. The van der Waals surface area contributed by atoms with Gasteiger partial charge in [-0.3, -0.25) is 9.78 Å². The second-order valence-corrected chi connectivity index (χ2v) is 11.0. The Bertz CT molecular complexity index is 1300. The van der Waals surface area contributed by atoms with E-state index in [1.165, 1.54) is 23.1 Å². The van der Waals surface area contributed by atoms with Crippen LogP contribution in [0.3, 0.4) is 0 Å². The predicted octanol–water partition coefficient (Wildman–Crippen LogP) is 7.81. The van der Waals surface area contributed by atoms with E-state index < -0.39 is 11.6 Å². The third-order valence-corrected chi connectivity index (χ3v) is 8.56. The number of pyridine rings is 1. The van der Waals surface area contributed by atoms with Gasteiger partial charge in [0.15, 0.2) is 0 Å². The molecule has 1 heterocycles. The van der Waals surface area contributed by atoms with Crippen LogP contribution in [0, 0.1) is 13.8 Å². The van der Waals surface area contributed by atoms with Crippen LogP contribution >= 0.6 is 0 Å². The molecule has 4 nitrogen and oxygen atoms in total. The van der Waals surface area contributed by atoms with Gasteiger partial charge in [-0.1, -0.05) is 87.7 Å². The van der Waals surface area contributed by atoms with Crippen LogP contribution in [0.15, 0.2) is 60.8 Å². The molecule has 3 aromatic rings. The first-order valence-electron chi connectivity index (χ1n) is 14.0. The number of benzene rings is 2. The molecule has 0 unspecified atom stereocenters. The average Bonchev–Trinajstić information content (AvgIpc) is 2.90. The first-order valence-corrected chi connectivity index (χ1v) is 14.0. The molecular formula is C34H41NO3. The number of aryl methyl sites for hydroxylation is 2. The van der Waals surface area contributed by atoms with Gasteiger partial charge in [0.05, 0.1) is 17.7 Å². The molecule has 0 saturated heterocycles. The Labute approximate surface area is 227 Å². The van der Waals surface area contributed by atoms with Gasteiger partial charge in [0.25, 0.3) is 0 Å². The molecule has 2 aromatic carbocycles. The zero-order valence-electron chi connectivity index (χ0n) is 23.3. The molecule has 0 aliphatic heterocycles. The zero-order chi connectivity index (χ0) is 27.3. The summed E-state index contributed by atoms with van der Waals surface area (Å²) in [5.74, 6) is -0.851. The molecule has 1 saturated carbocycles. The molecule has 0 atom stereocenters. The van der Waals surface area contributed by atoms with Crippen LogP contribution in [0.5, 0.6) is 0 Å². The van der Waals surface area contributed by atoms with E-state index in [2.05, 4.69) is 75.2 Å². The standard InChI is InChI=1S/C34H41NO3/c1-5-34(6-2,28-12-11-27(24(3)20-28)16-19-33(38)17-8-7-9-18-33)29-13-14-30(25(4)21-29)31-15-10-26(23-35-31)22-32(36)37/h10-16,19-21,23,38H,5-9,17-18,22H2,1-4H3,(H,36,37). The number of hydrogen-bond donors (Lipinski definition) is 2. The minimum atomic E-state index is -0.851. The molecule has 4 rings (SSSR count). The monoisotopic (exact) mass is 511 g/mol. The van der Waals surface area contributed by atoms with Gasteiger partial charge in [-0.25, -0.2) is 0 Å². The highest BCUT2D eigenvalue weighted by Crippen LogP contribution is 2.41. The van der Waals surface area contributed by atoms with Crippen molar-refractivity contribution in [1.29, 1.82) is 0 Å². The maximum atomic E-state index is 11.0. The van der Waals surface area contributed by atoms with Crippen LogP contribution in [0.25, 0.3) is 17.3 Å². The van der Waals surface area contributed by atoms with E-state index in [1.807, 2.05) is 18.2 Å². The average molecular weight is 512 g/mol. The van der Waals surface area contributed by atoms with Gasteiger partial charge in [0, 0.05) is 17.2 Å². The van der Waals surface area contributed by atoms with Crippen LogP contribution in [0.2, 0.25) is 0 Å². The summed E-state index contributed by atoms with van der Waals surface area (Å²) in [7, 11) is 0. The smallest absolute Gasteiger partial charge is 0.307 e. The first-order chi connectivity index (χ1) is 18.2. The van der Waals surface area contributed by atoms with Crippen LogP contribution in [0.4, 0.5) is 0 Å². The number of aliphatic hydroxyl groups is 1. The quantitative estimate of drug-likeness (QED) is 0.307. The van der Waals surface area contributed by atoms with E-state index in [9.17, 15) is 9.90 Å². The normalized spacial score (nSPS) is 15.6. The minimum absolute atomic E-state index is 0.0183. The molecule has 0 radical (unpaired) electrons. The summed E-state index contributed by atoms with van der Waals surface area (Å²) in [6.07, 6.45) is 12.9. The zero-order valence-corrected chi connectivity index (χ0v) is 23.3. The van der Waals surface area contributed by atoms with E-state index in [-0.39, 0.29) is 11.8 Å². The molecule has 38 heavy (non-hydrogen) atoms. The lowest BCUT2D eigenvalue weighted by Crippen LogP contribution is -2.28. The number of nitrogens with zero attached hydrogens (tertiary/aromatic N) is 1. The van der Waals surface area contributed by atoms with Crippen LogP contribution in [-0.2, 0) is 16.6 Å². The number of hydrogen-bond acceptors (Lipinski definition) is 3. The van der Waals surface area contributed by atoms with Gasteiger partial charge < -0.3 is 10.2 Å².